The molecule has 1 fully saturated rings. The molecule has 0 aromatic carbocycles. The molecule has 1 rings (SSSR count). The lowest BCUT2D eigenvalue weighted by Gasteiger charge is -2.40. The normalized spacial score (nSPS) is 37.9. The highest BCUT2D eigenvalue weighted by molar-refractivity contribution is 4.91. The van der Waals surface area contributed by atoms with Crippen molar-refractivity contribution >= 4 is 0 Å². The van der Waals surface area contributed by atoms with Crippen LogP contribution in [0.25, 0.3) is 0 Å². The second-order valence-corrected chi connectivity index (χ2v) is 4.94. The van der Waals surface area contributed by atoms with Crippen LogP contribution in [0.3, 0.4) is 0 Å². The minimum atomic E-state index is -0.427. The predicted molar refractivity (Wildman–Crippen MR) is 59.8 cm³/mol. The summed E-state index contributed by atoms with van der Waals surface area (Å²) >= 11 is 0. The van der Waals surface area contributed by atoms with E-state index in [0.29, 0.717) is 5.92 Å². The van der Waals surface area contributed by atoms with Gasteiger partial charge in [0, 0.05) is 6.42 Å². The number of hydrogen-bond donors (Lipinski definition) is 1. The van der Waals surface area contributed by atoms with Crippen LogP contribution in [0.2, 0.25) is 0 Å². The molecule has 14 heavy (non-hydrogen) atoms. The Labute approximate surface area is 87.9 Å². The lowest BCUT2D eigenvalue weighted by atomic mass is 9.70. The summed E-state index contributed by atoms with van der Waals surface area (Å²) in [5.74, 6) is 3.85. The maximum atomic E-state index is 10.4. The van der Waals surface area contributed by atoms with Gasteiger partial charge in [0.2, 0.25) is 0 Å². The molecule has 0 spiro atoms. The number of hydrogen-bond acceptors (Lipinski definition) is 1. The highest BCUT2D eigenvalue weighted by atomic mass is 16.3. The molecule has 0 amide bonds. The van der Waals surface area contributed by atoms with E-state index in [1.807, 2.05) is 0 Å². The van der Waals surface area contributed by atoms with Gasteiger partial charge in [-0.25, -0.2) is 0 Å². The first-order valence-corrected chi connectivity index (χ1v) is 5.74. The first kappa shape index (κ1) is 11.6. The molecule has 1 aliphatic carbocycles. The van der Waals surface area contributed by atoms with Gasteiger partial charge in [0.05, 0.1) is 5.60 Å². The highest BCUT2D eigenvalue weighted by Gasteiger charge is 2.37. The van der Waals surface area contributed by atoms with E-state index in [1.54, 1.807) is 0 Å². The predicted octanol–water partition coefficient (Wildman–Crippen LogP) is 2.98. The monoisotopic (exact) mass is 194 g/mol. The van der Waals surface area contributed by atoms with Gasteiger partial charge in [0.1, 0.15) is 0 Å². The van der Waals surface area contributed by atoms with Gasteiger partial charge in [-0.2, -0.15) is 0 Å². The second kappa shape index (κ2) is 4.84. The number of rotatable bonds is 3. The topological polar surface area (TPSA) is 20.2 Å². The molecule has 0 aromatic rings. The molecule has 1 saturated carbocycles. The van der Waals surface area contributed by atoms with Gasteiger partial charge in [-0.15, -0.1) is 12.3 Å². The van der Waals surface area contributed by atoms with Gasteiger partial charge in [0.25, 0.3) is 0 Å². The fraction of sp³-hybridized carbons (Fsp3) is 0.846. The molecular formula is C13H22O. The zero-order valence-corrected chi connectivity index (χ0v) is 9.42. The van der Waals surface area contributed by atoms with E-state index in [1.165, 1.54) is 0 Å². The Morgan fingerprint density at radius 2 is 2.21 bits per heavy atom. The van der Waals surface area contributed by atoms with Crippen LogP contribution >= 0.6 is 0 Å². The van der Waals surface area contributed by atoms with Crippen LogP contribution < -0.4 is 0 Å². The summed E-state index contributed by atoms with van der Waals surface area (Å²) in [5, 5.41) is 10.4. The Morgan fingerprint density at radius 1 is 1.50 bits per heavy atom. The molecule has 0 saturated heterocycles. The molecule has 3 unspecified atom stereocenters. The van der Waals surface area contributed by atoms with Crippen molar-refractivity contribution in [3.05, 3.63) is 0 Å². The van der Waals surface area contributed by atoms with Gasteiger partial charge in [-0.3, -0.25) is 0 Å². The molecule has 0 aliphatic heterocycles. The van der Waals surface area contributed by atoms with E-state index >= 15 is 0 Å². The molecular weight excluding hydrogens is 172 g/mol. The Bertz CT molecular complexity index is 216. The van der Waals surface area contributed by atoms with E-state index in [-0.39, 0.29) is 0 Å². The Balaban J connectivity index is 2.43. The van der Waals surface area contributed by atoms with Crippen LogP contribution in [0, 0.1) is 24.2 Å². The SMILES string of the molecule is C#CCCCC1(O)CCC(C)CC1C. The van der Waals surface area contributed by atoms with Gasteiger partial charge in [-0.1, -0.05) is 13.8 Å². The summed E-state index contributed by atoms with van der Waals surface area (Å²) in [6.45, 7) is 4.45. The van der Waals surface area contributed by atoms with Crippen LogP contribution in [0.1, 0.15) is 52.4 Å². The van der Waals surface area contributed by atoms with Crippen molar-refractivity contribution in [2.45, 2.75) is 58.0 Å². The van der Waals surface area contributed by atoms with E-state index in [9.17, 15) is 5.11 Å². The molecule has 3 atom stereocenters. The third kappa shape index (κ3) is 2.75. The van der Waals surface area contributed by atoms with Crippen molar-refractivity contribution in [1.82, 2.24) is 0 Å². The van der Waals surface area contributed by atoms with Crippen LogP contribution in [0.5, 0.6) is 0 Å². The van der Waals surface area contributed by atoms with E-state index in [2.05, 4.69) is 19.8 Å². The Kier molecular flexibility index (Phi) is 4.01. The molecule has 0 bridgehead atoms. The molecule has 80 valence electrons. The smallest absolute Gasteiger partial charge is 0.0673 e. The third-order valence-corrected chi connectivity index (χ3v) is 3.67. The van der Waals surface area contributed by atoms with Crippen molar-refractivity contribution in [2.24, 2.45) is 11.8 Å². The third-order valence-electron chi connectivity index (χ3n) is 3.67. The van der Waals surface area contributed by atoms with Crippen LogP contribution in [0.4, 0.5) is 0 Å². The van der Waals surface area contributed by atoms with Crippen molar-refractivity contribution in [3.8, 4) is 12.3 Å². The molecule has 0 aromatic heterocycles. The lowest BCUT2D eigenvalue weighted by Crippen LogP contribution is -2.41. The number of aliphatic hydroxyl groups is 1. The molecule has 1 aliphatic rings. The van der Waals surface area contributed by atoms with Crippen LogP contribution in [0.15, 0.2) is 0 Å². The van der Waals surface area contributed by atoms with Gasteiger partial charge >= 0.3 is 0 Å². The fourth-order valence-electron chi connectivity index (χ4n) is 2.55. The number of unbranched alkanes of at least 4 members (excludes halogenated alkanes) is 1. The highest BCUT2D eigenvalue weighted by Crippen LogP contribution is 2.39. The minimum absolute atomic E-state index is 0.427. The summed E-state index contributed by atoms with van der Waals surface area (Å²) in [7, 11) is 0. The second-order valence-electron chi connectivity index (χ2n) is 4.94. The summed E-state index contributed by atoms with van der Waals surface area (Å²) < 4.78 is 0. The van der Waals surface area contributed by atoms with Crippen molar-refractivity contribution in [2.75, 3.05) is 0 Å². The van der Waals surface area contributed by atoms with Crippen LogP contribution in [-0.2, 0) is 0 Å². The van der Waals surface area contributed by atoms with Gasteiger partial charge in [0.15, 0.2) is 0 Å². The zero-order chi connectivity index (χ0) is 10.6. The zero-order valence-electron chi connectivity index (χ0n) is 9.42. The fourth-order valence-corrected chi connectivity index (χ4v) is 2.55. The van der Waals surface area contributed by atoms with Crippen molar-refractivity contribution in [3.63, 3.8) is 0 Å². The van der Waals surface area contributed by atoms with Crippen molar-refractivity contribution in [1.29, 1.82) is 0 Å². The van der Waals surface area contributed by atoms with E-state index in [0.717, 1.165) is 44.4 Å². The molecule has 1 nitrogen and oxygen atoms in total. The quantitative estimate of drug-likeness (QED) is 0.541. The van der Waals surface area contributed by atoms with E-state index in [4.69, 9.17) is 6.42 Å². The first-order chi connectivity index (χ1) is 6.58. The minimum Gasteiger partial charge on any atom is -0.390 e. The van der Waals surface area contributed by atoms with E-state index < -0.39 is 5.60 Å². The van der Waals surface area contributed by atoms with Gasteiger partial charge < -0.3 is 5.11 Å². The molecule has 1 heteroatoms. The standard InChI is InChI=1S/C13H22O/c1-4-5-6-8-13(14)9-7-11(2)10-12(13)3/h1,11-12,14H,5-10H2,2-3H3. The maximum absolute atomic E-state index is 10.4. The maximum Gasteiger partial charge on any atom is 0.0673 e. The lowest BCUT2D eigenvalue weighted by molar-refractivity contribution is -0.0601. The average molecular weight is 194 g/mol. The van der Waals surface area contributed by atoms with Crippen LogP contribution in [-0.4, -0.2) is 10.7 Å². The molecule has 0 heterocycles. The summed E-state index contributed by atoms with van der Waals surface area (Å²) in [4.78, 5) is 0. The first-order valence-electron chi connectivity index (χ1n) is 5.74. The Hall–Kier alpha value is -0.480. The summed E-state index contributed by atoms with van der Waals surface area (Å²) in [5.41, 5.74) is -0.427. The average Bonchev–Trinajstić information content (AvgIpc) is 2.13. The summed E-state index contributed by atoms with van der Waals surface area (Å²) in [6, 6.07) is 0. The summed E-state index contributed by atoms with van der Waals surface area (Å²) in [6.07, 6.45) is 11.1. The van der Waals surface area contributed by atoms with Gasteiger partial charge in [-0.05, 0) is 43.9 Å². The molecule has 1 N–H and O–H groups in total. The van der Waals surface area contributed by atoms with Crippen molar-refractivity contribution < 1.29 is 5.11 Å². The largest absolute Gasteiger partial charge is 0.390 e. The Morgan fingerprint density at radius 3 is 2.79 bits per heavy atom. The molecule has 0 radical (unpaired) electrons. The number of terminal acetylenes is 1.